The Hall–Kier alpha value is -3.87. The van der Waals surface area contributed by atoms with Crippen molar-refractivity contribution in [3.8, 4) is 0 Å². The van der Waals surface area contributed by atoms with Crippen LogP contribution in [-0.4, -0.2) is 91.1 Å². The molecule has 0 saturated carbocycles. The van der Waals surface area contributed by atoms with Crippen LogP contribution in [-0.2, 0) is 20.7 Å². The molecule has 6 rings (SSSR count). The number of likely N-dealkylation sites (N-methyl/N-ethyl adjacent to an activating group) is 1. The van der Waals surface area contributed by atoms with E-state index < -0.39 is 34.8 Å². The number of allylic oxidation sites excluding steroid dienone is 6. The predicted molar refractivity (Wildman–Crippen MR) is 217 cm³/mol. The first kappa shape index (κ1) is 41.8. The van der Waals surface area contributed by atoms with E-state index in [1.807, 2.05) is 40.8 Å². The topological polar surface area (TPSA) is 162 Å². The number of nitrogens with one attached hydrogen (secondary N) is 4. The first-order valence-corrected chi connectivity index (χ1v) is 20.7. The number of hydrogen-bond acceptors (Lipinski definition) is 11. The van der Waals surface area contributed by atoms with E-state index in [1.54, 1.807) is 12.1 Å². The van der Waals surface area contributed by atoms with Crippen molar-refractivity contribution >= 4 is 17.5 Å². The molecule has 1 saturated heterocycles. The fraction of sp³-hybridized carbons (Fsp3) is 0.578. The van der Waals surface area contributed by atoms with Crippen molar-refractivity contribution in [1.82, 2.24) is 21.3 Å². The van der Waals surface area contributed by atoms with Gasteiger partial charge in [-0.15, -0.1) is 0 Å². The highest BCUT2D eigenvalue weighted by molar-refractivity contribution is 6.33. The summed E-state index contributed by atoms with van der Waals surface area (Å²) in [5, 5.41) is 34.0. The predicted octanol–water partition coefficient (Wildman–Crippen LogP) is 4.96. The molecule has 6 N–H and O–H groups in total. The number of Topliss-reactive ketones (excluding diaryl/α,β-unsaturated/α-hetero) is 2. The van der Waals surface area contributed by atoms with Crippen LogP contribution in [0, 0.1) is 17.8 Å². The van der Waals surface area contributed by atoms with Gasteiger partial charge in [-0.2, -0.15) is 0 Å². The van der Waals surface area contributed by atoms with Gasteiger partial charge in [-0.05, 0) is 112 Å². The van der Waals surface area contributed by atoms with E-state index in [1.165, 1.54) is 5.57 Å². The van der Waals surface area contributed by atoms with Gasteiger partial charge in [0.2, 0.25) is 5.78 Å². The first-order valence-electron chi connectivity index (χ1n) is 20.7. The standard InChI is InChI=1S/C45H62N4O7/c1-6-47-37-24-32-12-8-7-11-31(32)23-36(37)38(15-10-20-50)55-43(54)45-42(53)40-33(21-28(2)3)13-9-14-35(40)41(52)44(45,56-45)25-34(26-51)29(4)16-17-30-18-19-48-39(22-30)49-27-46-5/h8-9,12-14,18,22,24,28,31,36-38,46-51H,6-7,10-11,15-17,19-21,23,25-27H2,1-5H3/b34-29-/t31-,36+,37+,38-,44-,45-/m0/s1. The van der Waals surface area contributed by atoms with Crippen molar-refractivity contribution < 1.29 is 34.1 Å². The minimum absolute atomic E-state index is 0.0737. The molecule has 0 radical (unpaired) electrons. The van der Waals surface area contributed by atoms with E-state index in [0.29, 0.717) is 68.9 Å². The van der Waals surface area contributed by atoms with Gasteiger partial charge in [0.1, 0.15) is 11.9 Å². The van der Waals surface area contributed by atoms with Gasteiger partial charge in [0.05, 0.1) is 13.3 Å². The highest BCUT2D eigenvalue weighted by atomic mass is 16.7. The normalized spacial score (nSPS) is 27.5. The van der Waals surface area contributed by atoms with E-state index in [0.717, 1.165) is 36.2 Å². The quantitative estimate of drug-likeness (QED) is 0.0371. The number of aliphatic hydroxyl groups is 2. The molecule has 0 amide bonds. The number of benzene rings is 1. The number of esters is 1. The lowest BCUT2D eigenvalue weighted by atomic mass is 9.69. The van der Waals surface area contributed by atoms with E-state index >= 15 is 4.79 Å². The molecule has 1 aromatic carbocycles. The number of rotatable bonds is 19. The van der Waals surface area contributed by atoms with Crippen LogP contribution in [0.5, 0.6) is 0 Å². The number of dihydropyridines is 1. The summed E-state index contributed by atoms with van der Waals surface area (Å²) in [7, 11) is 1.87. The number of carbonyl (C=O) groups excluding carboxylic acids is 3. The maximum atomic E-state index is 15.0. The van der Waals surface area contributed by atoms with Gasteiger partial charge < -0.3 is 41.0 Å². The van der Waals surface area contributed by atoms with Gasteiger partial charge >= 0.3 is 5.97 Å². The van der Waals surface area contributed by atoms with Crippen molar-refractivity contribution in [2.75, 3.05) is 40.0 Å². The Kier molecular flexibility index (Phi) is 13.5. The second-order valence-corrected chi connectivity index (χ2v) is 16.5. The minimum Gasteiger partial charge on any atom is -0.459 e. The highest BCUT2D eigenvalue weighted by Crippen LogP contribution is 2.60. The van der Waals surface area contributed by atoms with Crippen molar-refractivity contribution in [3.63, 3.8) is 0 Å². The Morgan fingerprint density at radius 2 is 2.00 bits per heavy atom. The molecule has 1 fully saturated rings. The number of ketones is 2. The molecule has 0 bridgehead atoms. The molecule has 11 heteroatoms. The van der Waals surface area contributed by atoms with Gasteiger partial charge in [-0.1, -0.05) is 68.8 Å². The zero-order chi connectivity index (χ0) is 40.0. The van der Waals surface area contributed by atoms with Crippen LogP contribution in [0.25, 0.3) is 0 Å². The van der Waals surface area contributed by atoms with Crippen LogP contribution >= 0.6 is 0 Å². The van der Waals surface area contributed by atoms with Gasteiger partial charge in [-0.25, -0.2) is 4.79 Å². The Morgan fingerprint density at radius 3 is 2.73 bits per heavy atom. The molecule has 304 valence electrons. The third kappa shape index (κ3) is 8.25. The SMILES string of the molecule is CCN[C@@H]1C=C2C=CCC[C@H]2C[C@H]1[C@H](CCCO)OC(=O)[C@]12O[C@@]1(C/C(CO)=C(\C)CCC1=CCNC(NCNC)=C1)C(=O)c1cccc(CC(C)C)c1C2=O. The van der Waals surface area contributed by atoms with Crippen molar-refractivity contribution in [2.45, 2.75) is 109 Å². The first-order chi connectivity index (χ1) is 27.0. The van der Waals surface area contributed by atoms with E-state index in [9.17, 15) is 19.8 Å². The average molecular weight is 771 g/mol. The molecule has 0 spiro atoms. The van der Waals surface area contributed by atoms with Gasteiger partial charge in [0.25, 0.3) is 5.60 Å². The third-order valence-corrected chi connectivity index (χ3v) is 12.2. The maximum absolute atomic E-state index is 15.0. The van der Waals surface area contributed by atoms with Crippen LogP contribution in [0.1, 0.15) is 105 Å². The van der Waals surface area contributed by atoms with E-state index in [4.69, 9.17) is 9.47 Å². The monoisotopic (exact) mass is 770 g/mol. The second-order valence-electron chi connectivity index (χ2n) is 16.5. The van der Waals surface area contributed by atoms with Crippen molar-refractivity contribution in [1.29, 1.82) is 0 Å². The summed E-state index contributed by atoms with van der Waals surface area (Å²) in [6, 6.07) is 5.20. The summed E-state index contributed by atoms with van der Waals surface area (Å²) in [6.07, 6.45) is 15.5. The van der Waals surface area contributed by atoms with Crippen LogP contribution < -0.4 is 21.3 Å². The Morgan fingerprint density at radius 1 is 1.18 bits per heavy atom. The van der Waals surface area contributed by atoms with Gasteiger partial charge in [0, 0.05) is 42.7 Å². The molecule has 56 heavy (non-hydrogen) atoms. The molecule has 0 aromatic heterocycles. The highest BCUT2D eigenvalue weighted by Gasteiger charge is 2.86. The molecule has 6 atom stereocenters. The minimum atomic E-state index is -2.19. The van der Waals surface area contributed by atoms with Crippen molar-refractivity contribution in [2.24, 2.45) is 17.8 Å². The zero-order valence-corrected chi connectivity index (χ0v) is 33.8. The van der Waals surface area contributed by atoms with E-state index in [-0.39, 0.29) is 48.6 Å². The zero-order valence-electron chi connectivity index (χ0n) is 33.8. The summed E-state index contributed by atoms with van der Waals surface area (Å²) in [5.41, 5.74) is 0.993. The summed E-state index contributed by atoms with van der Waals surface area (Å²) < 4.78 is 12.9. The lowest BCUT2D eigenvalue weighted by Gasteiger charge is -2.40. The molecular weight excluding hydrogens is 709 g/mol. The van der Waals surface area contributed by atoms with Crippen LogP contribution in [0.15, 0.2) is 76.7 Å². The number of carbonyl (C=O) groups is 3. The summed E-state index contributed by atoms with van der Waals surface area (Å²) in [4.78, 5) is 44.8. The molecule has 5 aliphatic rings. The lowest BCUT2D eigenvalue weighted by molar-refractivity contribution is -0.158. The Bertz CT molecular complexity index is 1810. The average Bonchev–Trinajstić information content (AvgIpc) is 3.90. The number of epoxide rings is 1. The fourth-order valence-corrected chi connectivity index (χ4v) is 9.26. The number of hydrogen-bond donors (Lipinski definition) is 6. The fourth-order valence-electron chi connectivity index (χ4n) is 9.26. The van der Waals surface area contributed by atoms with Crippen LogP contribution in [0.4, 0.5) is 0 Å². The molecule has 2 heterocycles. The third-order valence-electron chi connectivity index (χ3n) is 12.2. The summed E-state index contributed by atoms with van der Waals surface area (Å²) in [5.74, 6) is -0.534. The van der Waals surface area contributed by atoms with Crippen LogP contribution in [0.2, 0.25) is 0 Å². The number of fused-ring (bicyclic) bond motifs is 3. The van der Waals surface area contributed by atoms with Gasteiger partial charge in [-0.3, -0.25) is 9.59 Å². The largest absolute Gasteiger partial charge is 0.459 e. The van der Waals surface area contributed by atoms with Crippen LogP contribution in [0.3, 0.4) is 0 Å². The maximum Gasteiger partial charge on any atom is 0.350 e. The number of aliphatic hydroxyl groups excluding tert-OH is 2. The van der Waals surface area contributed by atoms with Crippen molar-refractivity contribution in [3.05, 3.63) is 93.4 Å². The molecule has 1 aromatic rings. The molecular formula is C45H62N4O7. The smallest absolute Gasteiger partial charge is 0.350 e. The Balaban J connectivity index is 1.35. The summed E-state index contributed by atoms with van der Waals surface area (Å²) in [6.45, 7) is 9.66. The Labute approximate surface area is 332 Å². The molecule has 2 aliphatic heterocycles. The van der Waals surface area contributed by atoms with Gasteiger partial charge in [0.15, 0.2) is 11.4 Å². The molecule has 0 unspecified atom stereocenters. The lowest BCUT2D eigenvalue weighted by Crippen LogP contribution is -2.53. The summed E-state index contributed by atoms with van der Waals surface area (Å²) >= 11 is 0. The number of ether oxygens (including phenoxy) is 2. The molecule has 3 aliphatic carbocycles. The second kappa shape index (κ2) is 18.2. The molecule has 11 nitrogen and oxygen atoms in total. The van der Waals surface area contributed by atoms with E-state index in [2.05, 4.69) is 51.6 Å².